The number of aromatic nitrogens is 1. The Morgan fingerprint density at radius 3 is 2.53 bits per heavy atom. The van der Waals surface area contributed by atoms with Crippen LogP contribution in [0.4, 0.5) is 8.78 Å². The Kier molecular flexibility index (Phi) is 5.39. The van der Waals surface area contributed by atoms with E-state index in [1.54, 1.807) is 0 Å². The summed E-state index contributed by atoms with van der Waals surface area (Å²) >= 11 is 0. The summed E-state index contributed by atoms with van der Waals surface area (Å²) in [7, 11) is 0. The fourth-order valence-electron chi connectivity index (χ4n) is 5.04. The minimum absolute atomic E-state index is 0.0152. The SMILES string of the molecule is CC1(C)C[C@](O)(CN2CCc3c(-c4ccc(F)cc4F)cc(C(N)=O)nc3C2(C)C)CO1. The van der Waals surface area contributed by atoms with Crippen molar-refractivity contribution >= 4 is 5.91 Å². The lowest BCUT2D eigenvalue weighted by molar-refractivity contribution is -0.0389. The molecule has 3 N–H and O–H groups in total. The summed E-state index contributed by atoms with van der Waals surface area (Å²) in [6.07, 6.45) is 1.03. The molecular formula is C24H29F2N3O3. The number of amides is 1. The number of halogens is 2. The van der Waals surface area contributed by atoms with Gasteiger partial charge in [-0.1, -0.05) is 0 Å². The quantitative estimate of drug-likeness (QED) is 0.755. The number of hydrogen-bond acceptors (Lipinski definition) is 5. The molecule has 2 aliphatic heterocycles. The van der Waals surface area contributed by atoms with E-state index in [1.165, 1.54) is 18.2 Å². The smallest absolute Gasteiger partial charge is 0.267 e. The molecule has 1 saturated heterocycles. The van der Waals surface area contributed by atoms with Crippen molar-refractivity contribution in [2.45, 2.75) is 57.3 Å². The topological polar surface area (TPSA) is 88.7 Å². The molecule has 1 aromatic heterocycles. The monoisotopic (exact) mass is 445 g/mol. The van der Waals surface area contributed by atoms with Crippen molar-refractivity contribution in [3.63, 3.8) is 0 Å². The van der Waals surface area contributed by atoms with Gasteiger partial charge in [0.25, 0.3) is 5.91 Å². The van der Waals surface area contributed by atoms with Gasteiger partial charge in [-0.2, -0.15) is 0 Å². The summed E-state index contributed by atoms with van der Waals surface area (Å²) in [5.41, 5.74) is 5.53. The standard InChI is InChI=1S/C24H29F2N3O3/c1-22(2)11-24(31,13-32-22)12-29-8-7-16-17(15-6-5-14(25)9-18(15)26)10-19(21(27)30)28-20(16)23(29,3)4/h5-6,9-10,31H,7-8,11-13H2,1-4H3,(H2,27,30)/t24-/m0/s1. The highest BCUT2D eigenvalue weighted by molar-refractivity contribution is 5.92. The maximum atomic E-state index is 14.7. The Morgan fingerprint density at radius 2 is 1.94 bits per heavy atom. The van der Waals surface area contributed by atoms with Crippen molar-refractivity contribution < 1.29 is 23.4 Å². The molecule has 0 bridgehead atoms. The van der Waals surface area contributed by atoms with Crippen LogP contribution in [0.25, 0.3) is 11.1 Å². The van der Waals surface area contributed by atoms with Crippen molar-refractivity contribution in [1.29, 1.82) is 0 Å². The summed E-state index contributed by atoms with van der Waals surface area (Å²) in [5.74, 6) is -2.12. The fraction of sp³-hybridized carbons (Fsp3) is 0.500. The summed E-state index contributed by atoms with van der Waals surface area (Å²) in [4.78, 5) is 18.7. The number of fused-ring (bicyclic) bond motifs is 1. The predicted octanol–water partition coefficient (Wildman–Crippen LogP) is 3.15. The van der Waals surface area contributed by atoms with Gasteiger partial charge in [0.15, 0.2) is 0 Å². The number of pyridine rings is 1. The van der Waals surface area contributed by atoms with E-state index >= 15 is 0 Å². The summed E-state index contributed by atoms with van der Waals surface area (Å²) in [6, 6.07) is 4.85. The predicted molar refractivity (Wildman–Crippen MR) is 116 cm³/mol. The second kappa shape index (κ2) is 7.57. The van der Waals surface area contributed by atoms with Crippen LogP contribution in [0.15, 0.2) is 24.3 Å². The molecule has 2 aliphatic rings. The first kappa shape index (κ1) is 22.8. The van der Waals surface area contributed by atoms with Crippen LogP contribution in [0, 0.1) is 11.6 Å². The lowest BCUT2D eigenvalue weighted by Gasteiger charge is -2.46. The van der Waals surface area contributed by atoms with Crippen molar-refractivity contribution in [3.8, 4) is 11.1 Å². The van der Waals surface area contributed by atoms with Gasteiger partial charge in [-0.25, -0.2) is 13.8 Å². The second-order valence-electron chi connectivity index (χ2n) is 10.1. The molecule has 4 rings (SSSR count). The molecule has 1 fully saturated rings. The van der Waals surface area contributed by atoms with E-state index in [1.807, 2.05) is 27.7 Å². The molecular weight excluding hydrogens is 416 g/mol. The van der Waals surface area contributed by atoms with Crippen LogP contribution >= 0.6 is 0 Å². The van der Waals surface area contributed by atoms with Crippen LogP contribution in [0.1, 0.15) is 55.9 Å². The number of ether oxygens (including phenoxy) is 1. The normalized spacial score (nSPS) is 24.3. The van der Waals surface area contributed by atoms with Crippen LogP contribution in [0.3, 0.4) is 0 Å². The Bertz CT molecular complexity index is 1090. The largest absolute Gasteiger partial charge is 0.386 e. The Hall–Kier alpha value is -2.42. The van der Waals surface area contributed by atoms with Gasteiger partial charge in [0.05, 0.1) is 23.4 Å². The molecule has 0 unspecified atom stereocenters. The highest BCUT2D eigenvalue weighted by Crippen LogP contribution is 2.42. The van der Waals surface area contributed by atoms with Gasteiger partial charge in [0.1, 0.15) is 22.9 Å². The lowest BCUT2D eigenvalue weighted by Crippen LogP contribution is -2.54. The summed E-state index contributed by atoms with van der Waals surface area (Å²) in [5, 5.41) is 11.2. The number of carbonyl (C=O) groups is 1. The number of aliphatic hydroxyl groups is 1. The van der Waals surface area contributed by atoms with Crippen LogP contribution in [-0.2, 0) is 16.7 Å². The second-order valence-corrected chi connectivity index (χ2v) is 10.1. The zero-order chi connectivity index (χ0) is 23.5. The van der Waals surface area contributed by atoms with Gasteiger partial charge < -0.3 is 15.6 Å². The Balaban J connectivity index is 1.79. The number of β-amino-alcohol motifs (C(OH)–C–C–N with tert-alkyl or cyclic N) is 1. The lowest BCUT2D eigenvalue weighted by atomic mass is 9.82. The molecule has 3 heterocycles. The fourth-order valence-corrected chi connectivity index (χ4v) is 5.04. The van der Waals surface area contributed by atoms with Crippen molar-refractivity contribution in [2.75, 3.05) is 19.7 Å². The number of nitrogens with two attached hydrogens (primary N) is 1. The van der Waals surface area contributed by atoms with E-state index in [0.717, 1.165) is 11.6 Å². The first-order chi connectivity index (χ1) is 14.8. The van der Waals surface area contributed by atoms with E-state index in [0.29, 0.717) is 37.2 Å². The highest BCUT2D eigenvalue weighted by Gasteiger charge is 2.47. The van der Waals surface area contributed by atoms with E-state index in [9.17, 15) is 18.7 Å². The Morgan fingerprint density at radius 1 is 1.22 bits per heavy atom. The number of benzene rings is 1. The van der Waals surface area contributed by atoms with Gasteiger partial charge in [-0.05, 0) is 63.4 Å². The number of primary amides is 1. The molecule has 1 atom stereocenters. The van der Waals surface area contributed by atoms with Crippen molar-refractivity contribution in [3.05, 3.63) is 52.9 Å². The summed E-state index contributed by atoms with van der Waals surface area (Å²) < 4.78 is 33.9. The molecule has 172 valence electrons. The first-order valence-corrected chi connectivity index (χ1v) is 10.7. The molecule has 6 nitrogen and oxygen atoms in total. The van der Waals surface area contributed by atoms with Crippen molar-refractivity contribution in [1.82, 2.24) is 9.88 Å². The van der Waals surface area contributed by atoms with Crippen LogP contribution in [0.5, 0.6) is 0 Å². The van der Waals surface area contributed by atoms with E-state index in [-0.39, 0.29) is 17.9 Å². The molecule has 0 aliphatic carbocycles. The molecule has 0 saturated carbocycles. The van der Waals surface area contributed by atoms with Gasteiger partial charge in [-0.15, -0.1) is 0 Å². The highest BCUT2D eigenvalue weighted by atomic mass is 19.1. The third-order valence-electron chi connectivity index (χ3n) is 6.57. The third-order valence-corrected chi connectivity index (χ3v) is 6.57. The first-order valence-electron chi connectivity index (χ1n) is 10.7. The zero-order valence-corrected chi connectivity index (χ0v) is 18.8. The van der Waals surface area contributed by atoms with Gasteiger partial charge in [0.2, 0.25) is 0 Å². The minimum Gasteiger partial charge on any atom is -0.386 e. The minimum atomic E-state index is -1.01. The molecule has 1 amide bonds. The third kappa shape index (κ3) is 4.02. The van der Waals surface area contributed by atoms with Gasteiger partial charge in [-0.3, -0.25) is 9.69 Å². The number of hydrogen-bond donors (Lipinski definition) is 2. The van der Waals surface area contributed by atoms with E-state index in [4.69, 9.17) is 10.5 Å². The molecule has 32 heavy (non-hydrogen) atoms. The van der Waals surface area contributed by atoms with Gasteiger partial charge >= 0.3 is 0 Å². The molecule has 0 radical (unpaired) electrons. The molecule has 2 aromatic rings. The number of nitrogens with zero attached hydrogens (tertiary/aromatic N) is 2. The zero-order valence-electron chi connectivity index (χ0n) is 18.8. The van der Waals surface area contributed by atoms with E-state index < -0.39 is 34.3 Å². The molecule has 0 spiro atoms. The average Bonchev–Trinajstić information content (AvgIpc) is 2.96. The Labute approximate surface area is 186 Å². The number of rotatable bonds is 4. The summed E-state index contributed by atoms with van der Waals surface area (Å²) in [6.45, 7) is 9.01. The van der Waals surface area contributed by atoms with Gasteiger partial charge in [0, 0.05) is 31.1 Å². The van der Waals surface area contributed by atoms with E-state index in [2.05, 4.69) is 9.88 Å². The maximum absolute atomic E-state index is 14.7. The van der Waals surface area contributed by atoms with Crippen LogP contribution in [-0.4, -0.2) is 51.8 Å². The molecule has 8 heteroatoms. The van der Waals surface area contributed by atoms with Crippen LogP contribution in [0.2, 0.25) is 0 Å². The maximum Gasteiger partial charge on any atom is 0.267 e. The van der Waals surface area contributed by atoms with Crippen LogP contribution < -0.4 is 5.73 Å². The average molecular weight is 446 g/mol. The van der Waals surface area contributed by atoms with Crippen molar-refractivity contribution in [2.24, 2.45) is 5.73 Å². The molecule has 1 aromatic carbocycles. The number of carbonyl (C=O) groups excluding carboxylic acids is 1.